The van der Waals surface area contributed by atoms with Crippen molar-refractivity contribution >= 4 is 11.7 Å². The minimum absolute atomic E-state index is 0.0204. The molecule has 1 atom stereocenters. The molecule has 0 aliphatic carbocycles. The van der Waals surface area contributed by atoms with Crippen molar-refractivity contribution in [2.75, 3.05) is 18.5 Å². The molecule has 5 heteroatoms. The fraction of sp³-hybridized carbons (Fsp3) is 0.400. The van der Waals surface area contributed by atoms with Crippen molar-refractivity contribution < 1.29 is 9.53 Å². The molecule has 0 saturated carbocycles. The molecule has 25 heavy (non-hydrogen) atoms. The minimum atomic E-state index is -0.102. The molecule has 0 aliphatic heterocycles. The molecule has 0 bridgehead atoms. The lowest BCUT2D eigenvalue weighted by Crippen LogP contribution is -2.38. The number of hydrogen-bond donors (Lipinski definition) is 1. The van der Waals surface area contributed by atoms with Crippen LogP contribution in [0.4, 0.5) is 10.5 Å². The van der Waals surface area contributed by atoms with E-state index in [0.29, 0.717) is 19.8 Å². The van der Waals surface area contributed by atoms with Gasteiger partial charge in [-0.2, -0.15) is 0 Å². The number of nitrogens with one attached hydrogen (secondary N) is 1. The van der Waals surface area contributed by atoms with Gasteiger partial charge in [-0.25, -0.2) is 4.79 Å². The Bertz CT molecular complexity index is 661. The average Bonchev–Trinajstić information content (AvgIpc) is 2.65. The summed E-state index contributed by atoms with van der Waals surface area (Å²) < 4.78 is 5.49. The summed E-state index contributed by atoms with van der Waals surface area (Å²) in [6.45, 7) is 7.80. The van der Waals surface area contributed by atoms with Crippen LogP contribution in [0.5, 0.6) is 0 Å². The summed E-state index contributed by atoms with van der Waals surface area (Å²) in [5.41, 5.74) is 2.87. The topological polar surface area (TPSA) is 54.5 Å². The average molecular weight is 341 g/mol. The number of hydrogen-bond acceptors (Lipinski definition) is 3. The Balaban J connectivity index is 2.17. The van der Waals surface area contributed by atoms with Crippen LogP contribution < -0.4 is 5.32 Å². The predicted octanol–water partition coefficient (Wildman–Crippen LogP) is 4.62. The number of carbonyl (C=O) groups is 1. The summed E-state index contributed by atoms with van der Waals surface area (Å²) in [5, 5.41) is 3.05. The van der Waals surface area contributed by atoms with Gasteiger partial charge in [-0.05, 0) is 44.0 Å². The molecule has 1 aromatic heterocycles. The Morgan fingerprint density at radius 2 is 1.88 bits per heavy atom. The first kappa shape index (κ1) is 18.9. The van der Waals surface area contributed by atoms with Crippen LogP contribution in [0.15, 0.2) is 48.8 Å². The first-order chi connectivity index (χ1) is 12.2. The smallest absolute Gasteiger partial charge is 0.322 e. The molecular weight excluding hydrogens is 314 g/mol. The molecule has 0 spiro atoms. The van der Waals surface area contributed by atoms with Gasteiger partial charge in [0.05, 0.1) is 12.6 Å². The third-order valence-electron chi connectivity index (χ3n) is 4.18. The second-order valence-electron chi connectivity index (χ2n) is 5.72. The number of amides is 2. The molecule has 5 nitrogen and oxygen atoms in total. The number of urea groups is 1. The van der Waals surface area contributed by atoms with Gasteiger partial charge in [0.25, 0.3) is 0 Å². The van der Waals surface area contributed by atoms with Crippen molar-refractivity contribution in [1.82, 2.24) is 9.88 Å². The summed E-state index contributed by atoms with van der Waals surface area (Å²) in [7, 11) is 0. The first-order valence-electron chi connectivity index (χ1n) is 8.84. The molecule has 2 amide bonds. The van der Waals surface area contributed by atoms with Crippen molar-refractivity contribution in [3.8, 4) is 0 Å². The largest absolute Gasteiger partial charge is 0.377 e. The van der Waals surface area contributed by atoms with Gasteiger partial charge >= 0.3 is 6.03 Å². The van der Waals surface area contributed by atoms with Crippen LogP contribution >= 0.6 is 0 Å². The quantitative estimate of drug-likeness (QED) is 0.762. The number of anilines is 1. The van der Waals surface area contributed by atoms with E-state index in [4.69, 9.17) is 4.74 Å². The van der Waals surface area contributed by atoms with E-state index in [1.54, 1.807) is 12.4 Å². The highest BCUT2D eigenvalue weighted by molar-refractivity contribution is 5.90. The fourth-order valence-corrected chi connectivity index (χ4v) is 2.89. The van der Waals surface area contributed by atoms with Crippen molar-refractivity contribution in [3.05, 3.63) is 59.9 Å². The van der Waals surface area contributed by atoms with E-state index in [2.05, 4.69) is 17.2 Å². The summed E-state index contributed by atoms with van der Waals surface area (Å²) in [4.78, 5) is 18.8. The maximum atomic E-state index is 12.9. The van der Waals surface area contributed by atoms with Gasteiger partial charge in [0.15, 0.2) is 0 Å². The molecule has 0 aliphatic rings. The number of para-hydroxylation sites is 1. The van der Waals surface area contributed by atoms with Gasteiger partial charge in [-0.1, -0.05) is 25.1 Å². The number of nitrogens with zero attached hydrogens (tertiary/aromatic N) is 2. The standard InChI is InChI=1S/C20H27N3O2/c1-4-19(16-11-13-21-14-12-16)23(5-2)20(24)22-18-10-8-7-9-17(18)15-25-6-3/h7-14,19H,4-6,15H2,1-3H3,(H,22,24)/t19-/m0/s1. The number of ether oxygens (including phenoxy) is 1. The van der Waals surface area contributed by atoms with E-state index in [1.807, 2.05) is 55.1 Å². The highest BCUT2D eigenvalue weighted by Crippen LogP contribution is 2.25. The van der Waals surface area contributed by atoms with Gasteiger partial charge in [0.1, 0.15) is 0 Å². The van der Waals surface area contributed by atoms with Crippen molar-refractivity contribution in [2.45, 2.75) is 39.8 Å². The molecule has 2 aromatic rings. The maximum absolute atomic E-state index is 12.9. The third kappa shape index (κ3) is 5.03. The molecule has 1 aromatic carbocycles. The summed E-state index contributed by atoms with van der Waals surface area (Å²) >= 11 is 0. The Labute approximate surface area is 150 Å². The molecule has 0 fully saturated rings. The van der Waals surface area contributed by atoms with Crippen molar-refractivity contribution in [3.63, 3.8) is 0 Å². The molecule has 1 heterocycles. The van der Waals surface area contributed by atoms with Gasteiger partial charge in [-0.15, -0.1) is 0 Å². The summed E-state index contributed by atoms with van der Waals surface area (Å²) in [5.74, 6) is 0. The molecular formula is C20H27N3O2. The Kier molecular flexibility index (Phi) is 7.41. The van der Waals surface area contributed by atoms with Crippen LogP contribution in [0.25, 0.3) is 0 Å². The second-order valence-corrected chi connectivity index (χ2v) is 5.72. The van der Waals surface area contributed by atoms with Crippen LogP contribution in [0.3, 0.4) is 0 Å². The van der Waals surface area contributed by atoms with Gasteiger partial charge in [0.2, 0.25) is 0 Å². The zero-order valence-electron chi connectivity index (χ0n) is 15.2. The first-order valence-corrected chi connectivity index (χ1v) is 8.84. The van der Waals surface area contributed by atoms with E-state index in [9.17, 15) is 4.79 Å². The van der Waals surface area contributed by atoms with Gasteiger partial charge < -0.3 is 15.0 Å². The Morgan fingerprint density at radius 3 is 2.52 bits per heavy atom. The zero-order valence-corrected chi connectivity index (χ0v) is 15.2. The number of aromatic nitrogens is 1. The summed E-state index contributed by atoms with van der Waals surface area (Å²) in [6.07, 6.45) is 4.37. The molecule has 2 rings (SSSR count). The number of rotatable bonds is 8. The molecule has 0 unspecified atom stereocenters. The predicted molar refractivity (Wildman–Crippen MR) is 100 cm³/mol. The third-order valence-corrected chi connectivity index (χ3v) is 4.18. The molecule has 0 radical (unpaired) electrons. The lowest BCUT2D eigenvalue weighted by molar-refractivity contribution is 0.134. The fourth-order valence-electron chi connectivity index (χ4n) is 2.89. The lowest BCUT2D eigenvalue weighted by Gasteiger charge is -2.31. The van der Waals surface area contributed by atoms with Crippen LogP contribution in [0, 0.1) is 0 Å². The van der Waals surface area contributed by atoms with Gasteiger partial charge in [0, 0.05) is 36.8 Å². The number of benzene rings is 1. The maximum Gasteiger partial charge on any atom is 0.322 e. The van der Waals surface area contributed by atoms with E-state index >= 15 is 0 Å². The van der Waals surface area contributed by atoms with Crippen LogP contribution in [0.1, 0.15) is 44.4 Å². The number of carbonyl (C=O) groups excluding carboxylic acids is 1. The van der Waals surface area contributed by atoms with Crippen molar-refractivity contribution in [2.24, 2.45) is 0 Å². The van der Waals surface area contributed by atoms with Crippen LogP contribution in [-0.2, 0) is 11.3 Å². The van der Waals surface area contributed by atoms with E-state index < -0.39 is 0 Å². The zero-order chi connectivity index (χ0) is 18.1. The van der Waals surface area contributed by atoms with E-state index in [0.717, 1.165) is 23.2 Å². The molecule has 0 saturated heterocycles. The number of pyridine rings is 1. The summed E-state index contributed by atoms with van der Waals surface area (Å²) in [6, 6.07) is 11.6. The Morgan fingerprint density at radius 1 is 1.16 bits per heavy atom. The van der Waals surface area contributed by atoms with E-state index in [1.165, 1.54) is 0 Å². The highest BCUT2D eigenvalue weighted by Gasteiger charge is 2.23. The monoisotopic (exact) mass is 341 g/mol. The highest BCUT2D eigenvalue weighted by atomic mass is 16.5. The Hall–Kier alpha value is -2.40. The normalized spacial score (nSPS) is 11.8. The minimum Gasteiger partial charge on any atom is -0.377 e. The van der Waals surface area contributed by atoms with Crippen molar-refractivity contribution in [1.29, 1.82) is 0 Å². The van der Waals surface area contributed by atoms with Crippen LogP contribution in [-0.4, -0.2) is 29.1 Å². The molecule has 1 N–H and O–H groups in total. The van der Waals surface area contributed by atoms with E-state index in [-0.39, 0.29) is 12.1 Å². The second kappa shape index (κ2) is 9.79. The SMILES string of the molecule is CCOCc1ccccc1NC(=O)N(CC)[C@@H](CC)c1ccncc1. The lowest BCUT2D eigenvalue weighted by atomic mass is 10.0. The van der Waals surface area contributed by atoms with Gasteiger partial charge in [-0.3, -0.25) is 4.98 Å². The van der Waals surface area contributed by atoms with Crippen LogP contribution in [0.2, 0.25) is 0 Å². The molecule has 134 valence electrons.